The molecule has 0 amide bonds. The van der Waals surface area contributed by atoms with Gasteiger partial charge in [0, 0.05) is 19.6 Å². The molecule has 100 valence electrons. The summed E-state index contributed by atoms with van der Waals surface area (Å²) < 4.78 is 11.3. The summed E-state index contributed by atoms with van der Waals surface area (Å²) >= 11 is 0. The molecule has 0 atom stereocenters. The number of morpholine rings is 1. The fraction of sp³-hybridized carbons (Fsp3) is 0.600. The highest BCUT2D eigenvalue weighted by atomic mass is 16.5. The molecule has 0 spiro atoms. The Morgan fingerprint density at radius 3 is 2.33 bits per heavy atom. The average Bonchev–Trinajstić information content (AvgIpc) is 2.34. The molecule has 0 radical (unpaired) electrons. The molecule has 1 aliphatic rings. The molecule has 1 aromatic rings. The van der Waals surface area contributed by atoms with Crippen molar-refractivity contribution in [1.29, 1.82) is 0 Å². The second-order valence-corrected chi connectivity index (χ2v) is 5.03. The Labute approximate surface area is 110 Å². The lowest BCUT2D eigenvalue weighted by molar-refractivity contribution is 0.0322. The molecule has 0 bridgehead atoms. The molecule has 1 saturated heterocycles. The molecule has 3 heteroatoms. The van der Waals surface area contributed by atoms with Crippen LogP contribution < -0.4 is 4.74 Å². The van der Waals surface area contributed by atoms with Gasteiger partial charge in [-0.15, -0.1) is 0 Å². The monoisotopic (exact) mass is 249 g/mol. The van der Waals surface area contributed by atoms with Crippen molar-refractivity contribution in [3.8, 4) is 5.75 Å². The van der Waals surface area contributed by atoms with Gasteiger partial charge in [0.05, 0.1) is 13.2 Å². The standard InChI is InChI=1S/C15H23NO2/c1-12-10-13(2)15(14(3)11-12)18-9-6-16-4-7-17-8-5-16/h10-11H,4-9H2,1-3H3. The minimum absolute atomic E-state index is 0.755. The van der Waals surface area contributed by atoms with Crippen LogP contribution in [0.4, 0.5) is 0 Å². The normalized spacial score (nSPS) is 16.8. The molecule has 2 rings (SSSR count). The molecular weight excluding hydrogens is 226 g/mol. The molecule has 3 nitrogen and oxygen atoms in total. The van der Waals surface area contributed by atoms with Crippen LogP contribution in [0.3, 0.4) is 0 Å². The number of benzene rings is 1. The number of nitrogens with zero attached hydrogens (tertiary/aromatic N) is 1. The molecule has 1 fully saturated rings. The van der Waals surface area contributed by atoms with Gasteiger partial charge in [0.1, 0.15) is 12.4 Å². The van der Waals surface area contributed by atoms with Crippen molar-refractivity contribution in [2.45, 2.75) is 20.8 Å². The van der Waals surface area contributed by atoms with Gasteiger partial charge >= 0.3 is 0 Å². The van der Waals surface area contributed by atoms with E-state index in [9.17, 15) is 0 Å². The van der Waals surface area contributed by atoms with Gasteiger partial charge in [-0.1, -0.05) is 17.7 Å². The van der Waals surface area contributed by atoms with Gasteiger partial charge in [-0.3, -0.25) is 4.90 Å². The third kappa shape index (κ3) is 3.47. The van der Waals surface area contributed by atoms with Crippen LogP contribution >= 0.6 is 0 Å². The first kappa shape index (κ1) is 13.4. The zero-order valence-electron chi connectivity index (χ0n) is 11.7. The van der Waals surface area contributed by atoms with Crippen LogP contribution in [-0.4, -0.2) is 44.4 Å². The maximum atomic E-state index is 5.94. The van der Waals surface area contributed by atoms with E-state index in [1.54, 1.807) is 0 Å². The summed E-state index contributed by atoms with van der Waals surface area (Å²) in [5.74, 6) is 1.05. The summed E-state index contributed by atoms with van der Waals surface area (Å²) in [7, 11) is 0. The predicted octanol–water partition coefficient (Wildman–Crippen LogP) is 2.32. The second kappa shape index (κ2) is 6.21. The van der Waals surface area contributed by atoms with E-state index in [4.69, 9.17) is 9.47 Å². The van der Waals surface area contributed by atoms with Crippen LogP contribution in [0.2, 0.25) is 0 Å². The Hall–Kier alpha value is -1.06. The zero-order chi connectivity index (χ0) is 13.0. The summed E-state index contributed by atoms with van der Waals surface area (Å²) in [6.07, 6.45) is 0. The molecule has 1 aromatic carbocycles. The fourth-order valence-electron chi connectivity index (χ4n) is 2.50. The summed E-state index contributed by atoms with van der Waals surface area (Å²) in [6, 6.07) is 4.36. The third-order valence-electron chi connectivity index (χ3n) is 3.36. The van der Waals surface area contributed by atoms with Crippen LogP contribution in [-0.2, 0) is 4.74 Å². The molecule has 1 aliphatic heterocycles. The van der Waals surface area contributed by atoms with Gasteiger partial charge in [0.15, 0.2) is 0 Å². The Bertz CT molecular complexity index is 374. The van der Waals surface area contributed by atoms with E-state index in [2.05, 4.69) is 37.8 Å². The lowest BCUT2D eigenvalue weighted by Gasteiger charge is -2.26. The minimum atomic E-state index is 0.755. The first-order chi connectivity index (χ1) is 8.66. The van der Waals surface area contributed by atoms with Gasteiger partial charge in [-0.05, 0) is 31.9 Å². The third-order valence-corrected chi connectivity index (χ3v) is 3.36. The Morgan fingerprint density at radius 1 is 1.11 bits per heavy atom. The van der Waals surface area contributed by atoms with E-state index < -0.39 is 0 Å². The highest BCUT2D eigenvalue weighted by Crippen LogP contribution is 2.24. The smallest absolute Gasteiger partial charge is 0.125 e. The van der Waals surface area contributed by atoms with E-state index in [0.717, 1.165) is 45.2 Å². The lowest BCUT2D eigenvalue weighted by atomic mass is 10.1. The first-order valence-corrected chi connectivity index (χ1v) is 6.67. The molecule has 0 aromatic heterocycles. The van der Waals surface area contributed by atoms with Gasteiger partial charge in [0.25, 0.3) is 0 Å². The molecule has 0 aliphatic carbocycles. The quantitative estimate of drug-likeness (QED) is 0.817. The number of rotatable bonds is 4. The van der Waals surface area contributed by atoms with Gasteiger partial charge < -0.3 is 9.47 Å². The van der Waals surface area contributed by atoms with Gasteiger partial charge in [-0.2, -0.15) is 0 Å². The summed E-state index contributed by atoms with van der Waals surface area (Å²) in [6.45, 7) is 11.8. The summed E-state index contributed by atoms with van der Waals surface area (Å²) in [5.41, 5.74) is 3.76. The highest BCUT2D eigenvalue weighted by molar-refractivity contribution is 5.42. The zero-order valence-corrected chi connectivity index (χ0v) is 11.7. The number of hydrogen-bond donors (Lipinski definition) is 0. The summed E-state index contributed by atoms with van der Waals surface area (Å²) in [5, 5.41) is 0. The topological polar surface area (TPSA) is 21.7 Å². The van der Waals surface area contributed by atoms with Gasteiger partial charge in [0.2, 0.25) is 0 Å². The Kier molecular flexibility index (Phi) is 4.61. The van der Waals surface area contributed by atoms with E-state index >= 15 is 0 Å². The lowest BCUT2D eigenvalue weighted by Crippen LogP contribution is -2.38. The Balaban J connectivity index is 1.86. The average molecular weight is 249 g/mol. The van der Waals surface area contributed by atoms with E-state index in [0.29, 0.717) is 0 Å². The van der Waals surface area contributed by atoms with Crippen molar-refractivity contribution >= 4 is 0 Å². The van der Waals surface area contributed by atoms with Gasteiger partial charge in [-0.25, -0.2) is 0 Å². The van der Waals surface area contributed by atoms with Crippen LogP contribution in [0.15, 0.2) is 12.1 Å². The van der Waals surface area contributed by atoms with Crippen molar-refractivity contribution in [3.63, 3.8) is 0 Å². The number of hydrogen-bond acceptors (Lipinski definition) is 3. The van der Waals surface area contributed by atoms with E-state index in [1.165, 1.54) is 16.7 Å². The molecule has 18 heavy (non-hydrogen) atoms. The number of aryl methyl sites for hydroxylation is 3. The van der Waals surface area contributed by atoms with Crippen molar-refractivity contribution < 1.29 is 9.47 Å². The first-order valence-electron chi connectivity index (χ1n) is 6.67. The maximum absolute atomic E-state index is 5.94. The molecule has 0 unspecified atom stereocenters. The van der Waals surface area contributed by atoms with Crippen molar-refractivity contribution in [2.75, 3.05) is 39.5 Å². The highest BCUT2D eigenvalue weighted by Gasteiger charge is 2.11. The van der Waals surface area contributed by atoms with Crippen LogP contribution in [0.25, 0.3) is 0 Å². The Morgan fingerprint density at radius 2 is 1.72 bits per heavy atom. The largest absolute Gasteiger partial charge is 0.492 e. The van der Waals surface area contributed by atoms with Crippen LogP contribution in [0.5, 0.6) is 5.75 Å². The summed E-state index contributed by atoms with van der Waals surface area (Å²) in [4.78, 5) is 2.39. The second-order valence-electron chi connectivity index (χ2n) is 5.03. The molecular formula is C15H23NO2. The molecule has 0 saturated carbocycles. The van der Waals surface area contributed by atoms with Crippen LogP contribution in [0.1, 0.15) is 16.7 Å². The number of ether oxygens (including phenoxy) is 2. The predicted molar refractivity (Wildman–Crippen MR) is 73.4 cm³/mol. The van der Waals surface area contributed by atoms with Crippen molar-refractivity contribution in [1.82, 2.24) is 4.90 Å². The molecule has 1 heterocycles. The van der Waals surface area contributed by atoms with Crippen LogP contribution in [0, 0.1) is 20.8 Å². The van der Waals surface area contributed by atoms with Crippen molar-refractivity contribution in [2.24, 2.45) is 0 Å². The fourth-order valence-corrected chi connectivity index (χ4v) is 2.50. The van der Waals surface area contributed by atoms with E-state index in [1.807, 2.05) is 0 Å². The van der Waals surface area contributed by atoms with Crippen molar-refractivity contribution in [3.05, 3.63) is 28.8 Å². The maximum Gasteiger partial charge on any atom is 0.125 e. The molecule has 0 N–H and O–H groups in total. The van der Waals surface area contributed by atoms with E-state index in [-0.39, 0.29) is 0 Å². The minimum Gasteiger partial charge on any atom is -0.492 e. The SMILES string of the molecule is Cc1cc(C)c(OCCN2CCOCC2)c(C)c1.